The smallest absolute Gasteiger partial charge is 0.338 e. The molecule has 0 aliphatic carbocycles. The molecule has 2 fully saturated rings. The molecule has 0 aromatic rings. The molecular weight excluding hydrogens is 354 g/mol. The first-order valence-electron chi connectivity index (χ1n) is 9.23. The van der Waals surface area contributed by atoms with Gasteiger partial charge in [-0.05, 0) is 31.4 Å². The molecule has 2 saturated heterocycles. The van der Waals surface area contributed by atoms with Crippen molar-refractivity contribution < 1.29 is 38.9 Å². The fourth-order valence-corrected chi connectivity index (χ4v) is 4.26. The summed E-state index contributed by atoms with van der Waals surface area (Å²) in [7, 11) is 1.87. The molecule has 0 saturated carbocycles. The van der Waals surface area contributed by atoms with Crippen molar-refractivity contribution in [2.75, 3.05) is 33.4 Å². The van der Waals surface area contributed by atoms with Crippen LogP contribution in [0.4, 0.5) is 0 Å². The van der Waals surface area contributed by atoms with Gasteiger partial charge >= 0.3 is 11.9 Å². The van der Waals surface area contributed by atoms with Crippen molar-refractivity contribution in [3.05, 3.63) is 23.3 Å². The minimum Gasteiger partial charge on any atom is -0.459 e. The van der Waals surface area contributed by atoms with Crippen LogP contribution in [0.3, 0.4) is 0 Å². The van der Waals surface area contributed by atoms with Crippen molar-refractivity contribution in [3.8, 4) is 0 Å². The van der Waals surface area contributed by atoms with Gasteiger partial charge in [0.25, 0.3) is 5.72 Å². The Kier molecular flexibility index (Phi) is 4.96. The third kappa shape index (κ3) is 3.00. The number of rotatable bonds is 1. The summed E-state index contributed by atoms with van der Waals surface area (Å²) in [5.74, 6) is -2.11. The zero-order valence-electron chi connectivity index (χ0n) is 16.0. The highest BCUT2D eigenvalue weighted by molar-refractivity contribution is 5.89. The number of aliphatic hydroxyl groups excluding tert-OH is 1. The highest BCUT2D eigenvalue weighted by atomic mass is 16.6. The lowest BCUT2D eigenvalue weighted by molar-refractivity contribution is -0.955. The van der Waals surface area contributed by atoms with E-state index >= 15 is 0 Å². The Morgan fingerprint density at radius 1 is 1.37 bits per heavy atom. The van der Waals surface area contributed by atoms with E-state index in [1.807, 2.05) is 13.1 Å². The van der Waals surface area contributed by atoms with Gasteiger partial charge < -0.3 is 24.8 Å². The summed E-state index contributed by atoms with van der Waals surface area (Å²) in [4.78, 5) is 25.2. The highest BCUT2D eigenvalue weighted by Gasteiger charge is 2.65. The molecule has 8 heteroatoms. The molecule has 3 heterocycles. The minimum absolute atomic E-state index is 0.0292. The number of hydrogen-bond donors (Lipinski definition) is 3. The molecule has 3 aliphatic heterocycles. The first-order chi connectivity index (χ1) is 12.6. The van der Waals surface area contributed by atoms with Crippen LogP contribution in [-0.2, 0) is 19.1 Å². The third-order valence-electron chi connectivity index (χ3n) is 6.48. The Labute approximate surface area is 158 Å². The second kappa shape index (κ2) is 6.70. The van der Waals surface area contributed by atoms with Gasteiger partial charge in [-0.25, -0.2) is 9.59 Å². The lowest BCUT2D eigenvalue weighted by atomic mass is 9.85. The number of nitrogens with zero attached hydrogens (tertiary/aromatic N) is 1. The average molecular weight is 382 g/mol. The van der Waals surface area contributed by atoms with Crippen molar-refractivity contribution in [1.29, 1.82) is 0 Å². The zero-order chi connectivity index (χ0) is 20.0. The number of likely N-dealkylation sites (N-methyl/N-ethyl adjacent to an activating group) is 1. The van der Waals surface area contributed by atoms with Crippen LogP contribution in [0.25, 0.3) is 0 Å². The summed E-state index contributed by atoms with van der Waals surface area (Å²) in [6, 6.07) is 0. The number of ether oxygens (including phenoxy) is 2. The molecule has 150 valence electrons. The minimum atomic E-state index is -1.83. The molecule has 5 atom stereocenters. The largest absolute Gasteiger partial charge is 0.459 e. The summed E-state index contributed by atoms with van der Waals surface area (Å²) in [5, 5.41) is 31.4. The van der Waals surface area contributed by atoms with Crippen molar-refractivity contribution in [3.63, 3.8) is 0 Å². The van der Waals surface area contributed by atoms with Crippen molar-refractivity contribution in [1.82, 2.24) is 0 Å². The van der Waals surface area contributed by atoms with Crippen LogP contribution >= 0.6 is 0 Å². The molecule has 0 spiro atoms. The zero-order valence-corrected chi connectivity index (χ0v) is 16.0. The number of carbonyl (C=O) groups excluding carboxylic acids is 2. The molecule has 8 nitrogen and oxygen atoms in total. The Hall–Kier alpha value is -1.74. The summed E-state index contributed by atoms with van der Waals surface area (Å²) >= 11 is 0. The molecule has 3 N–H and O–H groups in total. The molecular formula is C19H28NO7+. The van der Waals surface area contributed by atoms with Crippen molar-refractivity contribution in [2.45, 2.75) is 44.1 Å². The van der Waals surface area contributed by atoms with Crippen LogP contribution in [-0.4, -0.2) is 82.5 Å². The average Bonchev–Trinajstić information content (AvgIpc) is 3.00. The molecule has 0 amide bonds. The Morgan fingerprint density at radius 2 is 2.07 bits per heavy atom. The molecule has 27 heavy (non-hydrogen) atoms. The van der Waals surface area contributed by atoms with E-state index < -0.39 is 35.3 Å². The number of aliphatic hydroxyl groups is 3. The van der Waals surface area contributed by atoms with E-state index in [-0.39, 0.29) is 29.7 Å². The maximum absolute atomic E-state index is 12.7. The normalized spacial score (nSPS) is 44.1. The van der Waals surface area contributed by atoms with Crippen LogP contribution in [0, 0.1) is 5.92 Å². The van der Waals surface area contributed by atoms with E-state index in [4.69, 9.17) is 9.47 Å². The highest BCUT2D eigenvalue weighted by Crippen LogP contribution is 2.45. The van der Waals surface area contributed by atoms with Gasteiger partial charge in [0, 0.05) is 12.0 Å². The first-order valence-corrected chi connectivity index (χ1v) is 9.23. The van der Waals surface area contributed by atoms with Gasteiger partial charge in [0.2, 0.25) is 0 Å². The number of cyclic esters (lactones) is 1. The Morgan fingerprint density at radius 3 is 2.74 bits per heavy atom. The SMILES string of the molecule is C[C@@H]1C/C(=C\CO)C(=O)O[C@@H]2CC[N+]3(C)CC=C(COC(=O)[C@]1(C)O)[C@]23O. The van der Waals surface area contributed by atoms with Gasteiger partial charge in [0.1, 0.15) is 13.2 Å². The molecule has 0 radical (unpaired) electrons. The molecule has 0 aromatic heterocycles. The summed E-state index contributed by atoms with van der Waals surface area (Å²) in [5.41, 5.74) is -2.67. The van der Waals surface area contributed by atoms with Crippen LogP contribution in [0.1, 0.15) is 26.7 Å². The molecule has 3 rings (SSSR count). The topological polar surface area (TPSA) is 113 Å². The monoisotopic (exact) mass is 382 g/mol. The van der Waals surface area contributed by atoms with E-state index in [2.05, 4.69) is 0 Å². The lowest BCUT2D eigenvalue weighted by Crippen LogP contribution is -2.61. The van der Waals surface area contributed by atoms with E-state index in [0.29, 0.717) is 25.1 Å². The first kappa shape index (κ1) is 20.0. The van der Waals surface area contributed by atoms with Crippen LogP contribution in [0.15, 0.2) is 23.3 Å². The second-order valence-electron chi connectivity index (χ2n) is 8.18. The Bertz CT molecular complexity index is 713. The fraction of sp³-hybridized carbons (Fsp3) is 0.684. The van der Waals surface area contributed by atoms with Crippen molar-refractivity contribution >= 4 is 11.9 Å². The van der Waals surface area contributed by atoms with Crippen LogP contribution in [0.5, 0.6) is 0 Å². The van der Waals surface area contributed by atoms with Gasteiger partial charge in [-0.2, -0.15) is 0 Å². The number of quaternary nitrogens is 1. The summed E-state index contributed by atoms with van der Waals surface area (Å²) in [6.45, 7) is 3.56. The molecule has 0 aromatic carbocycles. The summed E-state index contributed by atoms with van der Waals surface area (Å²) < 4.78 is 11.2. The van der Waals surface area contributed by atoms with Crippen LogP contribution < -0.4 is 0 Å². The van der Waals surface area contributed by atoms with E-state index in [0.717, 1.165) is 0 Å². The maximum Gasteiger partial charge on any atom is 0.338 e. The summed E-state index contributed by atoms with van der Waals surface area (Å²) in [6.07, 6.45) is 2.84. The Balaban J connectivity index is 2.01. The maximum atomic E-state index is 12.7. The van der Waals surface area contributed by atoms with Gasteiger partial charge in [0.15, 0.2) is 11.7 Å². The number of carbonyl (C=O) groups is 2. The molecule has 3 aliphatic rings. The fourth-order valence-electron chi connectivity index (χ4n) is 4.26. The molecule has 0 bridgehead atoms. The number of hydrogen-bond acceptors (Lipinski definition) is 7. The van der Waals surface area contributed by atoms with E-state index in [1.165, 1.54) is 13.0 Å². The van der Waals surface area contributed by atoms with Crippen LogP contribution in [0.2, 0.25) is 0 Å². The van der Waals surface area contributed by atoms with Gasteiger partial charge in [-0.15, -0.1) is 0 Å². The molecule has 1 unspecified atom stereocenters. The lowest BCUT2D eigenvalue weighted by Gasteiger charge is -2.40. The third-order valence-corrected chi connectivity index (χ3v) is 6.48. The van der Waals surface area contributed by atoms with E-state index in [1.54, 1.807) is 6.92 Å². The van der Waals surface area contributed by atoms with Gasteiger partial charge in [0.05, 0.1) is 25.8 Å². The second-order valence-corrected chi connectivity index (χ2v) is 8.18. The van der Waals surface area contributed by atoms with Gasteiger partial charge in [-0.1, -0.05) is 6.92 Å². The predicted molar refractivity (Wildman–Crippen MR) is 94.0 cm³/mol. The van der Waals surface area contributed by atoms with Crippen molar-refractivity contribution in [2.24, 2.45) is 5.92 Å². The van der Waals surface area contributed by atoms with E-state index in [9.17, 15) is 24.9 Å². The quantitative estimate of drug-likeness (QED) is 0.245. The number of esters is 2. The predicted octanol–water partition coefficient (Wildman–Crippen LogP) is -0.370. The van der Waals surface area contributed by atoms with Gasteiger partial charge in [-0.3, -0.25) is 4.48 Å². The standard InChI is InChI=1S/C19H28NO7/c1-12-10-13(6-9-21)16(22)27-15-5-8-20(3)7-4-14(19(15,20)25)11-26-17(23)18(12,2)24/h4,6,12,15,21,24-25H,5,7-11H2,1-3H3/q+1/b13-6+/t12-,15-,18-,19+,20?/m1/s1.